The number of hydrogen-bond acceptors (Lipinski definition) is 2. The van der Waals surface area contributed by atoms with Crippen LogP contribution in [-0.2, 0) is 9.59 Å². The molecule has 1 aliphatic rings. The molecule has 0 aromatic carbocycles. The smallest absolute Gasteiger partial charge is 0.226 e. The number of rotatable bonds is 8. The van der Waals surface area contributed by atoms with Crippen molar-refractivity contribution in [2.24, 2.45) is 11.8 Å². The van der Waals surface area contributed by atoms with Gasteiger partial charge >= 0.3 is 0 Å². The number of nitrogens with one attached hydrogen (secondary N) is 1. The molecule has 0 spiro atoms. The second-order valence-electron chi connectivity index (χ2n) is 5.21. The van der Waals surface area contributed by atoms with Crippen LogP contribution in [0.5, 0.6) is 0 Å². The molecule has 0 aromatic rings. The fraction of sp³-hybridized carbons (Fsp3) is 0.857. The Morgan fingerprint density at radius 3 is 2.44 bits per heavy atom. The molecule has 0 radical (unpaired) electrons. The molecule has 2 atom stereocenters. The Labute approximate surface area is 110 Å². The van der Waals surface area contributed by atoms with Crippen molar-refractivity contribution in [1.82, 2.24) is 10.2 Å². The highest BCUT2D eigenvalue weighted by atomic mass is 16.2. The summed E-state index contributed by atoms with van der Waals surface area (Å²) in [4.78, 5) is 25.5. The van der Waals surface area contributed by atoms with Gasteiger partial charge in [0, 0.05) is 20.1 Å². The van der Waals surface area contributed by atoms with Crippen molar-refractivity contribution in [3.05, 3.63) is 0 Å². The second-order valence-corrected chi connectivity index (χ2v) is 5.21. The zero-order valence-electron chi connectivity index (χ0n) is 11.9. The van der Waals surface area contributed by atoms with Crippen LogP contribution in [0.4, 0.5) is 0 Å². The van der Waals surface area contributed by atoms with Crippen LogP contribution in [-0.4, -0.2) is 36.9 Å². The Morgan fingerprint density at radius 1 is 1.17 bits per heavy atom. The van der Waals surface area contributed by atoms with Crippen molar-refractivity contribution in [3.63, 3.8) is 0 Å². The van der Waals surface area contributed by atoms with E-state index in [2.05, 4.69) is 19.2 Å². The average molecular weight is 254 g/mol. The first-order valence-corrected chi connectivity index (χ1v) is 7.14. The van der Waals surface area contributed by atoms with Gasteiger partial charge in [0.05, 0.1) is 11.8 Å². The lowest BCUT2D eigenvalue weighted by molar-refractivity contribution is -0.133. The third-order valence-corrected chi connectivity index (χ3v) is 3.50. The van der Waals surface area contributed by atoms with E-state index < -0.39 is 0 Å². The van der Waals surface area contributed by atoms with Crippen LogP contribution in [0.3, 0.4) is 0 Å². The monoisotopic (exact) mass is 254 g/mol. The third kappa shape index (κ3) is 4.31. The van der Waals surface area contributed by atoms with E-state index in [-0.39, 0.29) is 23.7 Å². The van der Waals surface area contributed by atoms with Crippen LogP contribution in [0, 0.1) is 11.8 Å². The first-order chi connectivity index (χ1) is 8.61. The van der Waals surface area contributed by atoms with Gasteiger partial charge in [-0.3, -0.25) is 9.59 Å². The minimum absolute atomic E-state index is 0.0608. The van der Waals surface area contributed by atoms with Gasteiger partial charge in [-0.2, -0.15) is 0 Å². The minimum Gasteiger partial charge on any atom is -0.356 e. The quantitative estimate of drug-likeness (QED) is 0.671. The van der Waals surface area contributed by atoms with E-state index in [0.717, 1.165) is 45.2 Å². The average Bonchev–Trinajstić information content (AvgIpc) is 3.15. The van der Waals surface area contributed by atoms with Crippen LogP contribution >= 0.6 is 0 Å². The van der Waals surface area contributed by atoms with Crippen molar-refractivity contribution in [2.45, 2.75) is 46.0 Å². The van der Waals surface area contributed by atoms with Gasteiger partial charge < -0.3 is 10.2 Å². The number of carbonyl (C=O) groups excluding carboxylic acids is 2. The van der Waals surface area contributed by atoms with Crippen LogP contribution in [0.15, 0.2) is 0 Å². The molecule has 0 bridgehead atoms. The fourth-order valence-corrected chi connectivity index (χ4v) is 2.07. The molecule has 1 saturated carbocycles. The maximum Gasteiger partial charge on any atom is 0.226 e. The van der Waals surface area contributed by atoms with Gasteiger partial charge in [0.25, 0.3) is 0 Å². The van der Waals surface area contributed by atoms with E-state index in [1.807, 2.05) is 7.05 Å². The Hall–Kier alpha value is -1.06. The lowest BCUT2D eigenvalue weighted by Crippen LogP contribution is -2.32. The molecule has 0 aliphatic heterocycles. The van der Waals surface area contributed by atoms with Crippen molar-refractivity contribution in [2.75, 3.05) is 20.1 Å². The maximum atomic E-state index is 12.0. The van der Waals surface area contributed by atoms with E-state index in [0.29, 0.717) is 0 Å². The van der Waals surface area contributed by atoms with Crippen molar-refractivity contribution < 1.29 is 9.59 Å². The molecule has 1 N–H and O–H groups in total. The molecule has 2 unspecified atom stereocenters. The lowest BCUT2D eigenvalue weighted by atomic mass is 10.2. The minimum atomic E-state index is -0.0709. The summed E-state index contributed by atoms with van der Waals surface area (Å²) < 4.78 is 0. The van der Waals surface area contributed by atoms with E-state index in [1.165, 1.54) is 0 Å². The van der Waals surface area contributed by atoms with E-state index in [1.54, 1.807) is 4.90 Å². The summed E-state index contributed by atoms with van der Waals surface area (Å²) in [5.74, 6) is 0.0664. The second kappa shape index (κ2) is 7.39. The highest BCUT2D eigenvalue weighted by molar-refractivity contribution is 5.92. The van der Waals surface area contributed by atoms with Gasteiger partial charge in [0.1, 0.15) is 0 Å². The van der Waals surface area contributed by atoms with Crippen LogP contribution in [0.25, 0.3) is 0 Å². The standard InChI is InChI=1S/C14H26N2O2/c1-4-6-8-15-13(17)11-10-12(11)14(18)16(3)9-7-5-2/h11-12H,4-10H2,1-3H3,(H,15,17). The largest absolute Gasteiger partial charge is 0.356 e. The Morgan fingerprint density at radius 2 is 1.83 bits per heavy atom. The molecule has 0 saturated heterocycles. The Kier molecular flexibility index (Phi) is 6.16. The summed E-state index contributed by atoms with van der Waals surface area (Å²) in [7, 11) is 1.84. The van der Waals surface area contributed by atoms with Gasteiger partial charge in [-0.05, 0) is 19.3 Å². The predicted molar refractivity (Wildman–Crippen MR) is 72.1 cm³/mol. The summed E-state index contributed by atoms with van der Waals surface area (Å²) in [5, 5.41) is 2.90. The summed E-state index contributed by atoms with van der Waals surface area (Å²) in [6, 6.07) is 0. The van der Waals surface area contributed by atoms with Gasteiger partial charge in [-0.25, -0.2) is 0 Å². The molecule has 1 aliphatic carbocycles. The molecule has 1 rings (SSSR count). The number of carbonyl (C=O) groups is 2. The number of unbranched alkanes of at least 4 members (excludes halogenated alkanes) is 2. The normalized spacial score (nSPS) is 21.5. The number of hydrogen-bond donors (Lipinski definition) is 1. The summed E-state index contributed by atoms with van der Waals surface area (Å²) >= 11 is 0. The van der Waals surface area contributed by atoms with E-state index in [9.17, 15) is 9.59 Å². The van der Waals surface area contributed by atoms with Gasteiger partial charge in [-0.1, -0.05) is 26.7 Å². The first-order valence-electron chi connectivity index (χ1n) is 7.14. The predicted octanol–water partition coefficient (Wildman–Crippen LogP) is 1.80. The zero-order chi connectivity index (χ0) is 13.5. The molecular formula is C14H26N2O2. The van der Waals surface area contributed by atoms with Gasteiger partial charge in [0.2, 0.25) is 11.8 Å². The van der Waals surface area contributed by atoms with Crippen LogP contribution in [0.2, 0.25) is 0 Å². The first kappa shape index (κ1) is 15.0. The van der Waals surface area contributed by atoms with Crippen LogP contribution < -0.4 is 5.32 Å². The summed E-state index contributed by atoms with van der Waals surface area (Å²) in [5.41, 5.74) is 0. The van der Waals surface area contributed by atoms with Crippen LogP contribution in [0.1, 0.15) is 46.0 Å². The van der Waals surface area contributed by atoms with Gasteiger partial charge in [0.15, 0.2) is 0 Å². The molecule has 2 amide bonds. The molecule has 0 heterocycles. The fourth-order valence-electron chi connectivity index (χ4n) is 2.07. The lowest BCUT2D eigenvalue weighted by Gasteiger charge is -2.16. The third-order valence-electron chi connectivity index (χ3n) is 3.50. The summed E-state index contributed by atoms with van der Waals surface area (Å²) in [6.45, 7) is 5.74. The Balaban J connectivity index is 2.26. The van der Waals surface area contributed by atoms with E-state index in [4.69, 9.17) is 0 Å². The molecule has 18 heavy (non-hydrogen) atoms. The molecule has 4 nitrogen and oxygen atoms in total. The van der Waals surface area contributed by atoms with Crippen molar-refractivity contribution in [3.8, 4) is 0 Å². The molecular weight excluding hydrogens is 228 g/mol. The molecule has 0 aromatic heterocycles. The zero-order valence-corrected chi connectivity index (χ0v) is 11.9. The molecule has 4 heteroatoms. The summed E-state index contributed by atoms with van der Waals surface area (Å²) in [6.07, 6.45) is 4.93. The number of amides is 2. The maximum absolute atomic E-state index is 12.0. The number of nitrogens with zero attached hydrogens (tertiary/aromatic N) is 1. The SMILES string of the molecule is CCCCNC(=O)C1CC1C(=O)N(C)CCCC. The van der Waals surface area contributed by atoms with Crippen molar-refractivity contribution in [1.29, 1.82) is 0 Å². The Bertz CT molecular complexity index is 292. The molecule has 104 valence electrons. The highest BCUT2D eigenvalue weighted by Crippen LogP contribution is 2.39. The van der Waals surface area contributed by atoms with Gasteiger partial charge in [-0.15, -0.1) is 0 Å². The van der Waals surface area contributed by atoms with Crippen molar-refractivity contribution >= 4 is 11.8 Å². The highest BCUT2D eigenvalue weighted by Gasteiger charge is 2.48. The topological polar surface area (TPSA) is 49.4 Å². The van der Waals surface area contributed by atoms with E-state index >= 15 is 0 Å². The molecule has 1 fully saturated rings.